The number of hydrogen-bond acceptors (Lipinski definition) is 16. The quantitative estimate of drug-likeness (QED) is 0.0863. The minimum atomic E-state index is -5.76. The molecule has 0 radical (unpaired) electrons. The number of phosphoric ester groups is 2. The molecule has 3 heterocycles. The van der Waals surface area contributed by atoms with Gasteiger partial charge in [0.15, 0.2) is 12.5 Å². The van der Waals surface area contributed by atoms with Gasteiger partial charge >= 0.3 is 21.3 Å². The third-order valence-corrected chi connectivity index (χ3v) is 8.70. The molecular formula is C15H24N2O19P2S. The van der Waals surface area contributed by atoms with Crippen molar-refractivity contribution in [3.05, 3.63) is 33.1 Å². The SMILES string of the molecule is O=c1ccn(C2OC(COP(=O)(O)OP(=O)(O)OC3OC(CS(=O)(=O)O)C(O)C(O)C3O)C(O)C2O)c(=O)[nH]1. The number of H-pyrrole nitrogens is 1. The fraction of sp³-hybridized carbons (Fsp3) is 0.733. The van der Waals surface area contributed by atoms with Crippen LogP contribution in [0.1, 0.15) is 6.23 Å². The first-order valence-corrected chi connectivity index (χ1v) is 15.1. The van der Waals surface area contributed by atoms with Crippen molar-refractivity contribution in [1.29, 1.82) is 0 Å². The first-order chi connectivity index (χ1) is 17.8. The largest absolute Gasteiger partial charge is 0.483 e. The molecule has 2 aliphatic rings. The Balaban J connectivity index is 1.63. The number of ether oxygens (including phenoxy) is 2. The molecule has 9 N–H and O–H groups in total. The summed E-state index contributed by atoms with van der Waals surface area (Å²) in [5, 5.41) is 49.8. The average molecular weight is 630 g/mol. The highest BCUT2D eigenvalue weighted by molar-refractivity contribution is 7.85. The Bertz CT molecular complexity index is 1350. The summed E-state index contributed by atoms with van der Waals surface area (Å²) in [7, 11) is -16.2. The van der Waals surface area contributed by atoms with E-state index in [9.17, 15) is 62.5 Å². The van der Waals surface area contributed by atoms with Crippen LogP contribution >= 0.6 is 15.6 Å². The number of nitrogens with one attached hydrogen (secondary N) is 1. The number of aliphatic hydroxyl groups excluding tert-OH is 5. The molecule has 0 saturated carbocycles. The van der Waals surface area contributed by atoms with E-state index in [2.05, 4.69) is 13.4 Å². The molecule has 1 aromatic heterocycles. The lowest BCUT2D eigenvalue weighted by Gasteiger charge is -2.39. The van der Waals surface area contributed by atoms with Crippen molar-refractivity contribution >= 4 is 25.8 Å². The summed E-state index contributed by atoms with van der Waals surface area (Å²) in [6.07, 6.45) is -17.0. The van der Waals surface area contributed by atoms with Crippen molar-refractivity contribution in [1.82, 2.24) is 9.55 Å². The van der Waals surface area contributed by atoms with Gasteiger partial charge in [-0.05, 0) is 0 Å². The van der Waals surface area contributed by atoms with Crippen LogP contribution in [0.2, 0.25) is 0 Å². The van der Waals surface area contributed by atoms with Crippen molar-refractivity contribution in [2.75, 3.05) is 12.4 Å². The summed E-state index contributed by atoms with van der Waals surface area (Å²) in [5.74, 6) is -1.35. The Morgan fingerprint density at radius 1 is 0.923 bits per heavy atom. The van der Waals surface area contributed by atoms with E-state index in [-0.39, 0.29) is 0 Å². The van der Waals surface area contributed by atoms with Gasteiger partial charge in [-0.25, -0.2) is 13.9 Å². The molecule has 21 nitrogen and oxygen atoms in total. The molecule has 0 aromatic carbocycles. The zero-order valence-corrected chi connectivity index (χ0v) is 21.7. The van der Waals surface area contributed by atoms with Gasteiger partial charge in [-0.2, -0.15) is 12.7 Å². The fourth-order valence-corrected chi connectivity index (χ4v) is 6.39. The number of nitrogens with zero attached hydrogens (tertiary/aromatic N) is 1. The van der Waals surface area contributed by atoms with Crippen LogP contribution in [0.15, 0.2) is 21.9 Å². The van der Waals surface area contributed by atoms with Gasteiger partial charge in [0, 0.05) is 12.3 Å². The van der Waals surface area contributed by atoms with Gasteiger partial charge in [0.05, 0.1) is 6.61 Å². The van der Waals surface area contributed by atoms with Gasteiger partial charge < -0.3 is 44.8 Å². The van der Waals surface area contributed by atoms with E-state index in [0.29, 0.717) is 4.57 Å². The lowest BCUT2D eigenvalue weighted by Crippen LogP contribution is -2.59. The van der Waals surface area contributed by atoms with E-state index >= 15 is 0 Å². The fourth-order valence-electron chi connectivity index (χ4n) is 3.55. The monoisotopic (exact) mass is 630 g/mol. The number of aliphatic hydroxyl groups is 5. The van der Waals surface area contributed by atoms with E-state index in [0.717, 1.165) is 12.3 Å². The normalized spacial score (nSPS) is 36.8. The van der Waals surface area contributed by atoms with Crippen LogP contribution < -0.4 is 11.2 Å². The van der Waals surface area contributed by atoms with Crippen LogP contribution in [-0.4, -0.2) is 119 Å². The molecule has 39 heavy (non-hydrogen) atoms. The van der Waals surface area contributed by atoms with Crippen LogP contribution in [0.4, 0.5) is 0 Å². The van der Waals surface area contributed by atoms with Gasteiger partial charge in [0.1, 0.15) is 48.5 Å². The van der Waals surface area contributed by atoms with E-state index in [1.807, 2.05) is 4.98 Å². The third kappa shape index (κ3) is 8.07. The highest BCUT2D eigenvalue weighted by Gasteiger charge is 2.50. The molecule has 11 atom stereocenters. The number of aromatic amines is 1. The van der Waals surface area contributed by atoms with Crippen LogP contribution in [0.5, 0.6) is 0 Å². The predicted molar refractivity (Wildman–Crippen MR) is 118 cm³/mol. The Morgan fingerprint density at radius 3 is 2.13 bits per heavy atom. The third-order valence-electron chi connectivity index (χ3n) is 5.35. The van der Waals surface area contributed by atoms with E-state index in [1.165, 1.54) is 0 Å². The Morgan fingerprint density at radius 2 is 1.54 bits per heavy atom. The second kappa shape index (κ2) is 11.8. The van der Waals surface area contributed by atoms with Crippen LogP contribution in [-0.2, 0) is 42.1 Å². The van der Waals surface area contributed by atoms with Gasteiger partial charge in [0.2, 0.25) is 0 Å². The molecule has 24 heteroatoms. The minimum Gasteiger partial charge on any atom is -0.388 e. The Kier molecular flexibility index (Phi) is 9.72. The molecule has 224 valence electrons. The number of aromatic nitrogens is 2. The van der Waals surface area contributed by atoms with Gasteiger partial charge in [-0.1, -0.05) is 0 Å². The maximum atomic E-state index is 12.2. The first kappa shape index (κ1) is 32.1. The molecule has 3 rings (SSSR count). The number of phosphoric acid groups is 2. The van der Waals surface area contributed by atoms with Gasteiger partial charge in [0.25, 0.3) is 15.7 Å². The van der Waals surface area contributed by atoms with E-state index in [1.54, 1.807) is 0 Å². The molecule has 1 aromatic rings. The summed E-state index contributed by atoms with van der Waals surface area (Å²) < 4.78 is 79.0. The summed E-state index contributed by atoms with van der Waals surface area (Å²) >= 11 is 0. The van der Waals surface area contributed by atoms with Gasteiger partial charge in [-0.3, -0.25) is 27.9 Å². The predicted octanol–water partition coefficient (Wildman–Crippen LogP) is -4.90. The second-order valence-corrected chi connectivity index (χ2v) is 12.7. The average Bonchev–Trinajstić information content (AvgIpc) is 3.06. The summed E-state index contributed by atoms with van der Waals surface area (Å²) in [4.78, 5) is 44.6. The maximum absolute atomic E-state index is 12.2. The first-order valence-electron chi connectivity index (χ1n) is 10.5. The van der Waals surface area contributed by atoms with Crippen molar-refractivity contribution in [2.24, 2.45) is 0 Å². The van der Waals surface area contributed by atoms with Crippen molar-refractivity contribution in [3.8, 4) is 0 Å². The van der Waals surface area contributed by atoms with Crippen LogP contribution in [0.3, 0.4) is 0 Å². The second-order valence-electron chi connectivity index (χ2n) is 8.25. The van der Waals surface area contributed by atoms with Crippen molar-refractivity contribution < 1.29 is 80.3 Å². The highest BCUT2D eigenvalue weighted by atomic mass is 32.2. The summed E-state index contributed by atoms with van der Waals surface area (Å²) in [6, 6.07) is 0.903. The van der Waals surface area contributed by atoms with E-state index < -0.39 is 105 Å². The van der Waals surface area contributed by atoms with Crippen molar-refractivity contribution in [2.45, 2.75) is 55.2 Å². The molecule has 0 amide bonds. The lowest BCUT2D eigenvalue weighted by molar-refractivity contribution is -0.270. The van der Waals surface area contributed by atoms with Crippen LogP contribution in [0.25, 0.3) is 0 Å². The summed E-state index contributed by atoms with van der Waals surface area (Å²) in [5.41, 5.74) is -1.80. The molecule has 2 fully saturated rings. The Hall–Kier alpha value is -1.43. The topological polar surface area (TPSA) is 331 Å². The number of rotatable bonds is 10. The molecule has 0 bridgehead atoms. The maximum Gasteiger partial charge on any atom is 0.483 e. The Labute approximate surface area is 216 Å². The van der Waals surface area contributed by atoms with Crippen molar-refractivity contribution in [3.63, 3.8) is 0 Å². The lowest BCUT2D eigenvalue weighted by atomic mass is 10.0. The molecular weight excluding hydrogens is 606 g/mol. The highest BCUT2D eigenvalue weighted by Crippen LogP contribution is 2.61. The molecule has 11 unspecified atom stereocenters. The smallest absolute Gasteiger partial charge is 0.388 e. The number of hydrogen-bond donors (Lipinski definition) is 9. The molecule has 2 saturated heterocycles. The zero-order valence-electron chi connectivity index (χ0n) is 19.1. The standard InChI is InChI=1S/C15H24N2O19P2S/c18-7-1-2-17(15(24)16-7)13-11(22)8(19)5(33-13)3-32-37(25,26)36-38(27,28)35-14-12(23)10(21)9(20)6(34-14)4-39(29,30)31/h1-2,5-6,8-14,19-23H,3-4H2,(H,25,26)(H,27,28)(H,16,18,24)(H,29,30,31). The molecule has 0 spiro atoms. The zero-order chi connectivity index (χ0) is 29.5. The van der Waals surface area contributed by atoms with Gasteiger partial charge in [-0.15, -0.1) is 0 Å². The van der Waals surface area contributed by atoms with Crippen LogP contribution in [0, 0.1) is 0 Å². The summed E-state index contributed by atoms with van der Waals surface area (Å²) in [6.45, 7) is -1.09. The minimum absolute atomic E-state index is 0.691. The molecule has 0 aliphatic carbocycles. The van der Waals surface area contributed by atoms with E-state index in [4.69, 9.17) is 14.0 Å². The molecule has 2 aliphatic heterocycles.